The van der Waals surface area contributed by atoms with E-state index in [1.807, 2.05) is 0 Å². The molecule has 0 unspecified atom stereocenters. The number of nitrogens with zero attached hydrogens (tertiary/aromatic N) is 2. The Morgan fingerprint density at radius 1 is 1.19 bits per heavy atom. The molecule has 2 N–H and O–H groups in total. The van der Waals surface area contributed by atoms with Crippen molar-refractivity contribution in [3.63, 3.8) is 0 Å². The molecule has 0 aliphatic rings. The van der Waals surface area contributed by atoms with Crippen LogP contribution < -0.4 is 5.69 Å². The van der Waals surface area contributed by atoms with E-state index in [0.29, 0.717) is 11.9 Å². The molecule has 1 amide bonds. The lowest BCUT2D eigenvalue weighted by Gasteiger charge is -2.45. The summed E-state index contributed by atoms with van der Waals surface area (Å²) in [6, 6.07) is 3.08. The lowest BCUT2D eigenvalue weighted by Crippen LogP contribution is -2.57. The molecular weight excluding hydrogens is 363 g/mol. The SMILES string of the molecule is CC(C)(C)N(C(=O)O)C(C)(C)CCn1c(=O)[nH]c2cc(C(F)(F)F)ccc21. The highest BCUT2D eigenvalue weighted by atomic mass is 19.4. The second-order valence-corrected chi connectivity index (χ2v) is 8.16. The maximum absolute atomic E-state index is 12.8. The van der Waals surface area contributed by atoms with Crippen LogP contribution in [0, 0.1) is 0 Å². The minimum atomic E-state index is -4.50. The number of hydrogen-bond donors (Lipinski definition) is 2. The Balaban J connectivity index is 2.35. The van der Waals surface area contributed by atoms with Crippen molar-refractivity contribution >= 4 is 17.1 Å². The molecule has 0 aliphatic heterocycles. The molecular formula is C18H24F3N3O3. The van der Waals surface area contributed by atoms with Gasteiger partial charge in [-0.1, -0.05) is 0 Å². The van der Waals surface area contributed by atoms with Crippen LogP contribution in [0.4, 0.5) is 18.0 Å². The molecule has 0 bridgehead atoms. The zero-order valence-electron chi connectivity index (χ0n) is 15.9. The zero-order chi connectivity index (χ0) is 20.8. The molecule has 0 radical (unpaired) electrons. The third-order valence-corrected chi connectivity index (χ3v) is 4.52. The van der Waals surface area contributed by atoms with E-state index >= 15 is 0 Å². The second kappa shape index (κ2) is 6.61. The topological polar surface area (TPSA) is 78.3 Å². The Morgan fingerprint density at radius 2 is 1.78 bits per heavy atom. The third kappa shape index (κ3) is 4.28. The molecule has 0 saturated carbocycles. The van der Waals surface area contributed by atoms with Crippen LogP contribution in [0.15, 0.2) is 23.0 Å². The fourth-order valence-electron chi connectivity index (χ4n) is 3.51. The second-order valence-electron chi connectivity index (χ2n) is 8.16. The summed E-state index contributed by atoms with van der Waals surface area (Å²) < 4.78 is 39.9. The molecule has 2 rings (SSSR count). The Morgan fingerprint density at radius 3 is 2.26 bits per heavy atom. The number of halogens is 3. The Kier molecular flexibility index (Phi) is 5.11. The van der Waals surface area contributed by atoms with Crippen molar-refractivity contribution in [1.82, 2.24) is 14.5 Å². The van der Waals surface area contributed by atoms with Gasteiger partial charge in [0.05, 0.1) is 16.6 Å². The minimum Gasteiger partial charge on any atom is -0.465 e. The number of carboxylic acid groups (broad SMARTS) is 1. The van der Waals surface area contributed by atoms with Crippen LogP contribution in [-0.4, -0.2) is 36.7 Å². The van der Waals surface area contributed by atoms with E-state index < -0.39 is 34.6 Å². The van der Waals surface area contributed by atoms with E-state index in [1.165, 1.54) is 15.5 Å². The number of amides is 1. The number of imidazole rings is 1. The fraction of sp³-hybridized carbons (Fsp3) is 0.556. The summed E-state index contributed by atoms with van der Waals surface area (Å²) in [4.78, 5) is 27.7. The predicted molar refractivity (Wildman–Crippen MR) is 95.9 cm³/mol. The number of aromatic nitrogens is 2. The zero-order valence-corrected chi connectivity index (χ0v) is 15.9. The molecule has 27 heavy (non-hydrogen) atoms. The molecule has 0 saturated heterocycles. The number of carbonyl (C=O) groups is 1. The molecule has 0 spiro atoms. The van der Waals surface area contributed by atoms with Gasteiger partial charge >= 0.3 is 18.0 Å². The van der Waals surface area contributed by atoms with Gasteiger partial charge in [0.25, 0.3) is 0 Å². The number of hydrogen-bond acceptors (Lipinski definition) is 2. The molecule has 0 atom stereocenters. The average Bonchev–Trinajstić information content (AvgIpc) is 2.76. The van der Waals surface area contributed by atoms with Gasteiger partial charge in [-0.3, -0.25) is 9.47 Å². The van der Waals surface area contributed by atoms with Gasteiger partial charge in [0.1, 0.15) is 0 Å². The maximum atomic E-state index is 12.8. The Labute approximate surface area is 154 Å². The van der Waals surface area contributed by atoms with Gasteiger partial charge in [0, 0.05) is 17.6 Å². The number of fused-ring (bicyclic) bond motifs is 1. The highest BCUT2D eigenvalue weighted by molar-refractivity contribution is 5.76. The third-order valence-electron chi connectivity index (χ3n) is 4.52. The fourth-order valence-corrected chi connectivity index (χ4v) is 3.51. The summed E-state index contributed by atoms with van der Waals surface area (Å²) in [5, 5.41) is 9.58. The smallest absolute Gasteiger partial charge is 0.416 e. The van der Waals surface area contributed by atoms with Gasteiger partial charge in [-0.2, -0.15) is 13.2 Å². The van der Waals surface area contributed by atoms with E-state index in [4.69, 9.17) is 0 Å². The van der Waals surface area contributed by atoms with Crippen molar-refractivity contribution in [2.45, 2.75) is 64.8 Å². The molecule has 1 aromatic carbocycles. The van der Waals surface area contributed by atoms with E-state index in [2.05, 4.69) is 4.98 Å². The van der Waals surface area contributed by atoms with Gasteiger partial charge in [0.2, 0.25) is 0 Å². The molecule has 150 valence electrons. The summed E-state index contributed by atoms with van der Waals surface area (Å²) in [6.45, 7) is 9.01. The standard InChI is InChI=1S/C18H24F3N3O3/c1-16(2,3)24(15(26)27)17(4,5)8-9-23-13-7-6-11(18(19,20)21)10-12(13)22-14(23)25/h6-7,10H,8-9H2,1-5H3,(H,22,25)(H,26,27). The lowest BCUT2D eigenvalue weighted by molar-refractivity contribution is -0.137. The first-order chi connectivity index (χ1) is 12.1. The summed E-state index contributed by atoms with van der Waals surface area (Å²) in [5.74, 6) is 0. The monoisotopic (exact) mass is 387 g/mol. The summed E-state index contributed by atoms with van der Waals surface area (Å²) in [5.41, 5.74) is -2.37. The van der Waals surface area contributed by atoms with Crippen LogP contribution in [0.5, 0.6) is 0 Å². The Hall–Kier alpha value is -2.45. The summed E-state index contributed by atoms with van der Waals surface area (Å²) in [6.07, 6.45) is -5.26. The number of rotatable bonds is 4. The van der Waals surface area contributed by atoms with Crippen molar-refractivity contribution < 1.29 is 23.1 Å². The van der Waals surface area contributed by atoms with E-state index in [0.717, 1.165) is 12.1 Å². The van der Waals surface area contributed by atoms with Gasteiger partial charge in [-0.25, -0.2) is 9.59 Å². The number of alkyl halides is 3. The van der Waals surface area contributed by atoms with Crippen LogP contribution in [0.2, 0.25) is 0 Å². The number of aryl methyl sites for hydroxylation is 1. The van der Waals surface area contributed by atoms with Crippen LogP contribution in [0.25, 0.3) is 11.0 Å². The van der Waals surface area contributed by atoms with Crippen LogP contribution >= 0.6 is 0 Å². The van der Waals surface area contributed by atoms with Crippen LogP contribution in [0.1, 0.15) is 46.6 Å². The summed E-state index contributed by atoms with van der Waals surface area (Å²) in [7, 11) is 0. The molecule has 0 fully saturated rings. The molecule has 2 aromatic rings. The molecule has 0 aliphatic carbocycles. The van der Waals surface area contributed by atoms with Gasteiger partial charge < -0.3 is 10.1 Å². The van der Waals surface area contributed by atoms with Gasteiger partial charge in [-0.15, -0.1) is 0 Å². The first-order valence-corrected chi connectivity index (χ1v) is 8.47. The van der Waals surface area contributed by atoms with Crippen molar-refractivity contribution in [3.8, 4) is 0 Å². The van der Waals surface area contributed by atoms with Crippen molar-refractivity contribution in [2.75, 3.05) is 0 Å². The normalized spacial score (nSPS) is 13.2. The lowest BCUT2D eigenvalue weighted by atomic mass is 9.92. The predicted octanol–water partition coefficient (Wildman–Crippen LogP) is 4.30. The molecule has 9 heteroatoms. The minimum absolute atomic E-state index is 0.0959. The Bertz CT molecular complexity index is 904. The van der Waals surface area contributed by atoms with Crippen molar-refractivity contribution in [2.24, 2.45) is 0 Å². The highest BCUT2D eigenvalue weighted by Gasteiger charge is 2.38. The molecule has 1 heterocycles. The molecule has 1 aromatic heterocycles. The maximum Gasteiger partial charge on any atom is 0.416 e. The van der Waals surface area contributed by atoms with E-state index in [9.17, 15) is 27.9 Å². The highest BCUT2D eigenvalue weighted by Crippen LogP contribution is 2.31. The van der Waals surface area contributed by atoms with Crippen LogP contribution in [-0.2, 0) is 12.7 Å². The summed E-state index contributed by atoms with van der Waals surface area (Å²) >= 11 is 0. The van der Waals surface area contributed by atoms with Crippen molar-refractivity contribution in [1.29, 1.82) is 0 Å². The number of H-pyrrole nitrogens is 1. The average molecular weight is 387 g/mol. The van der Waals surface area contributed by atoms with E-state index in [-0.39, 0.29) is 12.1 Å². The van der Waals surface area contributed by atoms with Crippen molar-refractivity contribution in [3.05, 3.63) is 34.2 Å². The molecule has 6 nitrogen and oxygen atoms in total. The first-order valence-electron chi connectivity index (χ1n) is 8.47. The number of aromatic amines is 1. The van der Waals surface area contributed by atoms with Crippen LogP contribution in [0.3, 0.4) is 0 Å². The van der Waals surface area contributed by atoms with Gasteiger partial charge in [-0.05, 0) is 59.2 Å². The van der Waals surface area contributed by atoms with E-state index in [1.54, 1.807) is 34.6 Å². The van der Waals surface area contributed by atoms with Gasteiger partial charge in [0.15, 0.2) is 0 Å². The quantitative estimate of drug-likeness (QED) is 0.821. The number of benzene rings is 1. The first kappa shape index (κ1) is 20.9. The largest absolute Gasteiger partial charge is 0.465 e. The number of nitrogens with one attached hydrogen (secondary N) is 1.